The van der Waals surface area contributed by atoms with Gasteiger partial charge in [0.2, 0.25) is 0 Å². The Balaban J connectivity index is 2.66. The highest BCUT2D eigenvalue weighted by molar-refractivity contribution is 6.30. The van der Waals surface area contributed by atoms with E-state index in [0.29, 0.717) is 18.0 Å². The van der Waals surface area contributed by atoms with Gasteiger partial charge >= 0.3 is 5.97 Å². The van der Waals surface area contributed by atoms with Crippen LogP contribution in [0.25, 0.3) is 0 Å². The first kappa shape index (κ1) is 13.8. The molecule has 17 heavy (non-hydrogen) atoms. The Hall–Kier alpha value is -1.26. The number of hydrogen-bond donors (Lipinski definition) is 2. The molecular formula is C12H16ClNO3. The molecule has 0 amide bonds. The summed E-state index contributed by atoms with van der Waals surface area (Å²) >= 11 is 5.97. The van der Waals surface area contributed by atoms with E-state index in [2.05, 4.69) is 5.32 Å². The predicted octanol–water partition coefficient (Wildman–Crippen LogP) is 1.87. The van der Waals surface area contributed by atoms with E-state index in [4.69, 9.17) is 21.4 Å². The minimum atomic E-state index is -0.862. The summed E-state index contributed by atoms with van der Waals surface area (Å²) in [4.78, 5) is 10.3. The molecule has 0 unspecified atom stereocenters. The molecule has 0 aromatic heterocycles. The lowest BCUT2D eigenvalue weighted by molar-refractivity contribution is -0.135. The number of benzene rings is 1. The number of rotatable bonds is 6. The number of aliphatic carboxylic acids is 1. The molecule has 0 bridgehead atoms. The molecular weight excluding hydrogens is 242 g/mol. The van der Waals surface area contributed by atoms with Crippen LogP contribution in [-0.4, -0.2) is 31.3 Å². The van der Waals surface area contributed by atoms with Crippen LogP contribution in [0.5, 0.6) is 5.75 Å². The number of carbonyl (C=O) groups is 1. The van der Waals surface area contributed by atoms with Crippen molar-refractivity contribution in [2.24, 2.45) is 0 Å². The molecule has 0 aliphatic rings. The molecule has 0 fully saturated rings. The van der Waals surface area contributed by atoms with E-state index in [1.165, 1.54) is 0 Å². The summed E-state index contributed by atoms with van der Waals surface area (Å²) in [6.07, 6.45) is 0.678. The second kappa shape index (κ2) is 6.47. The smallest absolute Gasteiger partial charge is 0.317 e. The number of carboxylic acid groups (broad SMARTS) is 1. The van der Waals surface area contributed by atoms with E-state index in [1.807, 2.05) is 19.1 Å². The van der Waals surface area contributed by atoms with Crippen molar-refractivity contribution in [1.82, 2.24) is 5.32 Å². The number of hydrogen-bond acceptors (Lipinski definition) is 3. The minimum Gasteiger partial charge on any atom is -0.496 e. The molecule has 0 radical (unpaired) electrons. The lowest BCUT2D eigenvalue weighted by Gasteiger charge is -2.12. The number of carboxylic acids is 1. The van der Waals surface area contributed by atoms with Crippen molar-refractivity contribution in [2.75, 3.05) is 20.2 Å². The Bertz CT molecular complexity index is 407. The largest absolute Gasteiger partial charge is 0.496 e. The second-order valence-corrected chi connectivity index (χ2v) is 4.17. The first-order chi connectivity index (χ1) is 8.04. The van der Waals surface area contributed by atoms with Crippen molar-refractivity contribution < 1.29 is 14.6 Å². The monoisotopic (exact) mass is 257 g/mol. The highest BCUT2D eigenvalue weighted by atomic mass is 35.5. The molecule has 0 heterocycles. The van der Waals surface area contributed by atoms with Gasteiger partial charge in [-0.3, -0.25) is 4.79 Å². The average Bonchev–Trinajstić information content (AvgIpc) is 2.23. The standard InChI is InChI=1S/C12H16ClNO3/c1-8-5-10(13)6-9(12(8)17-2)3-4-14-7-11(15)16/h5-6,14H,3-4,7H2,1-2H3,(H,15,16). The molecule has 0 aliphatic carbocycles. The zero-order chi connectivity index (χ0) is 12.8. The van der Waals surface area contributed by atoms with E-state index in [9.17, 15) is 4.79 Å². The normalized spacial score (nSPS) is 10.3. The van der Waals surface area contributed by atoms with Gasteiger partial charge in [0.1, 0.15) is 5.75 Å². The molecule has 94 valence electrons. The summed E-state index contributed by atoms with van der Waals surface area (Å²) in [6.45, 7) is 2.46. The van der Waals surface area contributed by atoms with Crippen molar-refractivity contribution in [3.8, 4) is 5.75 Å². The lowest BCUT2D eigenvalue weighted by atomic mass is 10.1. The maximum Gasteiger partial charge on any atom is 0.317 e. The van der Waals surface area contributed by atoms with Crippen LogP contribution in [0, 0.1) is 6.92 Å². The van der Waals surface area contributed by atoms with Gasteiger partial charge in [-0.15, -0.1) is 0 Å². The zero-order valence-electron chi connectivity index (χ0n) is 9.92. The number of nitrogens with one attached hydrogen (secondary N) is 1. The van der Waals surface area contributed by atoms with Gasteiger partial charge in [0.05, 0.1) is 13.7 Å². The quantitative estimate of drug-likeness (QED) is 0.764. The summed E-state index contributed by atoms with van der Waals surface area (Å²) in [5, 5.41) is 12.0. The Morgan fingerprint density at radius 1 is 1.53 bits per heavy atom. The summed E-state index contributed by atoms with van der Waals surface area (Å²) < 4.78 is 5.31. The van der Waals surface area contributed by atoms with E-state index in [1.54, 1.807) is 7.11 Å². The lowest BCUT2D eigenvalue weighted by Crippen LogP contribution is -2.24. The van der Waals surface area contributed by atoms with Crippen molar-refractivity contribution in [3.63, 3.8) is 0 Å². The fourth-order valence-corrected chi connectivity index (χ4v) is 1.99. The molecule has 0 saturated heterocycles. The van der Waals surface area contributed by atoms with Crippen LogP contribution in [-0.2, 0) is 11.2 Å². The Kier molecular flexibility index (Phi) is 5.25. The third kappa shape index (κ3) is 4.24. The molecule has 1 aromatic rings. The molecule has 5 heteroatoms. The van der Waals surface area contributed by atoms with E-state index < -0.39 is 5.97 Å². The van der Waals surface area contributed by atoms with Gasteiger partial charge in [-0.2, -0.15) is 0 Å². The molecule has 1 aromatic carbocycles. The van der Waals surface area contributed by atoms with Gasteiger partial charge < -0.3 is 15.2 Å². The molecule has 0 spiro atoms. The minimum absolute atomic E-state index is 0.0398. The molecule has 0 atom stereocenters. The molecule has 4 nitrogen and oxygen atoms in total. The van der Waals surface area contributed by atoms with Crippen molar-refractivity contribution in [3.05, 3.63) is 28.3 Å². The Morgan fingerprint density at radius 3 is 2.82 bits per heavy atom. The van der Waals surface area contributed by atoms with Crippen molar-refractivity contribution >= 4 is 17.6 Å². The topological polar surface area (TPSA) is 58.6 Å². The van der Waals surface area contributed by atoms with Crippen LogP contribution in [0.2, 0.25) is 5.02 Å². The SMILES string of the molecule is COc1c(C)cc(Cl)cc1CCNCC(=O)O. The molecule has 0 saturated carbocycles. The van der Waals surface area contributed by atoms with Crippen molar-refractivity contribution in [1.29, 1.82) is 0 Å². The summed E-state index contributed by atoms with van der Waals surface area (Å²) in [5.41, 5.74) is 1.96. The van der Waals surface area contributed by atoms with E-state index >= 15 is 0 Å². The number of ether oxygens (including phenoxy) is 1. The second-order valence-electron chi connectivity index (χ2n) is 3.74. The fourth-order valence-electron chi connectivity index (χ4n) is 1.70. The predicted molar refractivity (Wildman–Crippen MR) is 67.0 cm³/mol. The van der Waals surface area contributed by atoms with Crippen LogP contribution < -0.4 is 10.1 Å². The van der Waals surface area contributed by atoms with Gasteiger partial charge in [0.25, 0.3) is 0 Å². The number of aryl methyl sites for hydroxylation is 1. The van der Waals surface area contributed by atoms with Crippen LogP contribution in [0.4, 0.5) is 0 Å². The van der Waals surface area contributed by atoms with Crippen LogP contribution in [0.1, 0.15) is 11.1 Å². The molecule has 1 rings (SSSR count). The van der Waals surface area contributed by atoms with E-state index in [-0.39, 0.29) is 6.54 Å². The van der Waals surface area contributed by atoms with Crippen LogP contribution in [0.15, 0.2) is 12.1 Å². The summed E-state index contributed by atoms with van der Waals surface area (Å²) in [7, 11) is 1.62. The zero-order valence-corrected chi connectivity index (χ0v) is 10.7. The highest BCUT2D eigenvalue weighted by Crippen LogP contribution is 2.27. The highest BCUT2D eigenvalue weighted by Gasteiger charge is 2.08. The van der Waals surface area contributed by atoms with Crippen LogP contribution >= 0.6 is 11.6 Å². The Morgan fingerprint density at radius 2 is 2.24 bits per heavy atom. The third-order valence-electron chi connectivity index (χ3n) is 2.37. The summed E-state index contributed by atoms with van der Waals surface area (Å²) in [6, 6.07) is 3.68. The molecule has 2 N–H and O–H groups in total. The van der Waals surface area contributed by atoms with Crippen LogP contribution in [0.3, 0.4) is 0 Å². The molecule has 0 aliphatic heterocycles. The maximum atomic E-state index is 10.3. The maximum absolute atomic E-state index is 10.3. The van der Waals surface area contributed by atoms with E-state index in [0.717, 1.165) is 16.9 Å². The van der Waals surface area contributed by atoms with Gasteiger partial charge in [0, 0.05) is 5.02 Å². The number of methoxy groups -OCH3 is 1. The van der Waals surface area contributed by atoms with Gasteiger partial charge in [-0.05, 0) is 43.1 Å². The average molecular weight is 258 g/mol. The van der Waals surface area contributed by atoms with Gasteiger partial charge in [-0.25, -0.2) is 0 Å². The van der Waals surface area contributed by atoms with Crippen molar-refractivity contribution in [2.45, 2.75) is 13.3 Å². The third-order valence-corrected chi connectivity index (χ3v) is 2.59. The number of halogens is 1. The van der Waals surface area contributed by atoms with Gasteiger partial charge in [-0.1, -0.05) is 11.6 Å². The van der Waals surface area contributed by atoms with Gasteiger partial charge in [0.15, 0.2) is 0 Å². The first-order valence-electron chi connectivity index (χ1n) is 5.30. The fraction of sp³-hybridized carbons (Fsp3) is 0.417. The Labute approximate surface area is 106 Å². The first-order valence-corrected chi connectivity index (χ1v) is 5.68. The summed E-state index contributed by atoms with van der Waals surface area (Å²) in [5.74, 6) is -0.0502.